The Hall–Kier alpha value is -3.35. The molecule has 0 aliphatic carbocycles. The Balaban J connectivity index is 1.73. The molecule has 0 unspecified atom stereocenters. The van der Waals surface area contributed by atoms with Gasteiger partial charge >= 0.3 is 12.0 Å². The maximum atomic E-state index is 11.9. The van der Waals surface area contributed by atoms with Gasteiger partial charge in [-0.2, -0.15) is 0 Å². The van der Waals surface area contributed by atoms with Gasteiger partial charge in [-0.3, -0.25) is 14.9 Å². The molecule has 0 fully saturated rings. The minimum Gasteiger partial charge on any atom is -0.496 e. The summed E-state index contributed by atoms with van der Waals surface area (Å²) in [5, 5.41) is 4.72. The summed E-state index contributed by atoms with van der Waals surface area (Å²) >= 11 is 0. The van der Waals surface area contributed by atoms with Gasteiger partial charge in [-0.05, 0) is 43.5 Å². The zero-order valence-electron chi connectivity index (χ0n) is 16.2. The van der Waals surface area contributed by atoms with Crippen molar-refractivity contribution < 1.29 is 23.9 Å². The number of para-hydroxylation sites is 1. The summed E-state index contributed by atoms with van der Waals surface area (Å²) in [6.07, 6.45) is 0.528. The summed E-state index contributed by atoms with van der Waals surface area (Å²) in [4.78, 5) is 35.5. The van der Waals surface area contributed by atoms with E-state index in [1.54, 1.807) is 13.2 Å². The number of ether oxygens (including phenoxy) is 2. The first kappa shape index (κ1) is 21.0. The highest BCUT2D eigenvalue weighted by atomic mass is 16.5. The summed E-state index contributed by atoms with van der Waals surface area (Å²) in [5.74, 6) is -0.542. The first-order valence-corrected chi connectivity index (χ1v) is 8.84. The second kappa shape index (κ2) is 10.1. The molecule has 2 rings (SSSR count). The largest absolute Gasteiger partial charge is 0.496 e. The molecule has 2 N–H and O–H groups in total. The molecule has 2 aromatic rings. The van der Waals surface area contributed by atoms with Gasteiger partial charge in [0, 0.05) is 12.1 Å². The molecular weight excluding hydrogens is 360 g/mol. The zero-order chi connectivity index (χ0) is 20.5. The number of imide groups is 1. The highest BCUT2D eigenvalue weighted by molar-refractivity contribution is 6.02. The van der Waals surface area contributed by atoms with Crippen LogP contribution >= 0.6 is 0 Å². The summed E-state index contributed by atoms with van der Waals surface area (Å²) in [7, 11) is 1.56. The van der Waals surface area contributed by atoms with E-state index < -0.39 is 24.5 Å². The maximum absolute atomic E-state index is 11.9. The van der Waals surface area contributed by atoms with Gasteiger partial charge in [-0.15, -0.1) is 0 Å². The number of nitrogens with one attached hydrogen (secondary N) is 2. The fourth-order valence-electron chi connectivity index (χ4n) is 2.63. The number of hydrogen-bond donors (Lipinski definition) is 2. The Morgan fingerprint density at radius 3 is 2.50 bits per heavy atom. The molecular formula is C21H24N2O5. The Bertz CT molecular complexity index is 864. The van der Waals surface area contributed by atoms with E-state index in [-0.39, 0.29) is 6.42 Å². The van der Waals surface area contributed by atoms with Crippen molar-refractivity contribution in [3.8, 4) is 5.75 Å². The fourth-order valence-corrected chi connectivity index (χ4v) is 2.63. The van der Waals surface area contributed by atoms with Crippen LogP contribution in [0.2, 0.25) is 0 Å². The third-order valence-corrected chi connectivity index (χ3v) is 4.04. The van der Waals surface area contributed by atoms with E-state index in [1.165, 1.54) is 0 Å². The van der Waals surface area contributed by atoms with Gasteiger partial charge < -0.3 is 14.8 Å². The Morgan fingerprint density at radius 1 is 1.04 bits per heavy atom. The van der Waals surface area contributed by atoms with Crippen molar-refractivity contribution in [3.05, 3.63) is 59.2 Å². The van der Waals surface area contributed by atoms with Gasteiger partial charge in [0.1, 0.15) is 5.75 Å². The minimum absolute atomic E-state index is 0.0996. The molecule has 0 bridgehead atoms. The lowest BCUT2D eigenvalue weighted by atomic mass is 10.1. The average Bonchev–Trinajstić information content (AvgIpc) is 2.67. The van der Waals surface area contributed by atoms with Crippen molar-refractivity contribution in [2.45, 2.75) is 26.7 Å². The standard InChI is InChI=1S/C21H24N2O5/c1-14-8-10-17(15(2)12-14)22-21(26)23-19(24)13-28-20(25)11-9-16-6-4-5-7-18(16)27-3/h4-8,10,12H,9,11,13H2,1-3H3,(H2,22,23,24,26). The summed E-state index contributed by atoms with van der Waals surface area (Å²) in [5.41, 5.74) is 3.42. The Morgan fingerprint density at radius 2 is 1.79 bits per heavy atom. The lowest BCUT2D eigenvalue weighted by Gasteiger charge is -2.10. The Kier molecular flexibility index (Phi) is 7.56. The van der Waals surface area contributed by atoms with E-state index in [0.717, 1.165) is 16.7 Å². The van der Waals surface area contributed by atoms with E-state index in [9.17, 15) is 14.4 Å². The number of anilines is 1. The first-order chi connectivity index (χ1) is 13.4. The van der Waals surface area contributed by atoms with Crippen molar-refractivity contribution in [1.29, 1.82) is 0 Å². The summed E-state index contributed by atoms with van der Waals surface area (Å²) < 4.78 is 10.1. The van der Waals surface area contributed by atoms with Crippen LogP contribution in [0.3, 0.4) is 0 Å². The molecule has 28 heavy (non-hydrogen) atoms. The van der Waals surface area contributed by atoms with Crippen molar-refractivity contribution in [1.82, 2.24) is 5.32 Å². The van der Waals surface area contributed by atoms with Gasteiger partial charge in [0.2, 0.25) is 0 Å². The molecule has 0 aromatic heterocycles. The van der Waals surface area contributed by atoms with Gasteiger partial charge in [0.15, 0.2) is 6.61 Å². The number of esters is 1. The summed E-state index contributed by atoms with van der Waals surface area (Å²) in [6.45, 7) is 3.28. The molecule has 3 amide bonds. The lowest BCUT2D eigenvalue weighted by molar-refractivity contribution is -0.148. The van der Waals surface area contributed by atoms with Crippen LogP contribution in [0.4, 0.5) is 10.5 Å². The zero-order valence-corrected chi connectivity index (χ0v) is 16.2. The van der Waals surface area contributed by atoms with E-state index >= 15 is 0 Å². The molecule has 0 spiro atoms. The molecule has 7 nitrogen and oxygen atoms in total. The highest BCUT2D eigenvalue weighted by Crippen LogP contribution is 2.19. The molecule has 0 saturated carbocycles. The van der Waals surface area contributed by atoms with Crippen LogP contribution < -0.4 is 15.4 Å². The van der Waals surface area contributed by atoms with Crippen LogP contribution in [-0.4, -0.2) is 31.6 Å². The number of hydrogen-bond acceptors (Lipinski definition) is 5. The number of carbonyl (C=O) groups excluding carboxylic acids is 3. The van der Waals surface area contributed by atoms with Gasteiger partial charge in [-0.25, -0.2) is 4.79 Å². The second-order valence-corrected chi connectivity index (χ2v) is 6.29. The van der Waals surface area contributed by atoms with E-state index in [0.29, 0.717) is 17.9 Å². The summed E-state index contributed by atoms with van der Waals surface area (Å²) in [6, 6.07) is 12.2. The molecule has 2 aromatic carbocycles. The van der Waals surface area contributed by atoms with Crippen LogP contribution in [-0.2, 0) is 20.7 Å². The third-order valence-electron chi connectivity index (χ3n) is 4.04. The predicted molar refractivity (Wildman–Crippen MR) is 105 cm³/mol. The quantitative estimate of drug-likeness (QED) is 0.716. The van der Waals surface area contributed by atoms with Crippen LogP contribution in [0, 0.1) is 13.8 Å². The highest BCUT2D eigenvalue weighted by Gasteiger charge is 2.13. The van der Waals surface area contributed by atoms with E-state index in [2.05, 4.69) is 10.6 Å². The van der Waals surface area contributed by atoms with Gasteiger partial charge in [0.25, 0.3) is 5.91 Å². The molecule has 148 valence electrons. The van der Waals surface area contributed by atoms with Crippen molar-refractivity contribution in [2.75, 3.05) is 19.0 Å². The average molecular weight is 384 g/mol. The van der Waals surface area contributed by atoms with Crippen molar-refractivity contribution >= 4 is 23.6 Å². The normalized spacial score (nSPS) is 10.1. The third kappa shape index (κ3) is 6.42. The molecule has 0 radical (unpaired) electrons. The van der Waals surface area contributed by atoms with Crippen molar-refractivity contribution in [2.24, 2.45) is 0 Å². The topological polar surface area (TPSA) is 93.7 Å². The minimum atomic E-state index is -0.701. The second-order valence-electron chi connectivity index (χ2n) is 6.29. The molecule has 0 aliphatic heterocycles. The monoisotopic (exact) mass is 384 g/mol. The molecule has 0 atom stereocenters. The number of rotatable bonds is 7. The van der Waals surface area contributed by atoms with Crippen molar-refractivity contribution in [3.63, 3.8) is 0 Å². The van der Waals surface area contributed by atoms with Crippen LogP contribution in [0.1, 0.15) is 23.1 Å². The number of benzene rings is 2. The Labute approximate surface area is 164 Å². The van der Waals surface area contributed by atoms with Crippen LogP contribution in [0.15, 0.2) is 42.5 Å². The number of aryl methyl sites for hydroxylation is 3. The molecule has 0 saturated heterocycles. The van der Waals surface area contributed by atoms with Crippen LogP contribution in [0.25, 0.3) is 0 Å². The lowest BCUT2D eigenvalue weighted by Crippen LogP contribution is -2.37. The van der Waals surface area contributed by atoms with Gasteiger partial charge in [-0.1, -0.05) is 35.9 Å². The van der Waals surface area contributed by atoms with E-state index in [4.69, 9.17) is 9.47 Å². The number of urea groups is 1. The number of amides is 3. The smallest absolute Gasteiger partial charge is 0.325 e. The number of methoxy groups -OCH3 is 1. The number of carbonyl (C=O) groups is 3. The molecule has 7 heteroatoms. The maximum Gasteiger partial charge on any atom is 0.325 e. The SMILES string of the molecule is COc1ccccc1CCC(=O)OCC(=O)NC(=O)Nc1ccc(C)cc1C. The van der Waals surface area contributed by atoms with Gasteiger partial charge in [0.05, 0.1) is 7.11 Å². The first-order valence-electron chi connectivity index (χ1n) is 8.84. The molecule has 0 heterocycles. The molecule has 0 aliphatic rings. The van der Waals surface area contributed by atoms with E-state index in [1.807, 2.05) is 50.2 Å². The van der Waals surface area contributed by atoms with Crippen LogP contribution in [0.5, 0.6) is 5.75 Å². The fraction of sp³-hybridized carbons (Fsp3) is 0.286. The predicted octanol–water partition coefficient (Wildman–Crippen LogP) is 3.14.